The second-order valence-corrected chi connectivity index (χ2v) is 4.02. The van der Waals surface area contributed by atoms with E-state index in [1.54, 1.807) is 0 Å². The molecular formula is C11H11NO2. The second kappa shape index (κ2) is 2.58. The molecule has 0 unspecified atom stereocenters. The average molecular weight is 189 g/mol. The van der Waals surface area contributed by atoms with Gasteiger partial charge >= 0.3 is 0 Å². The van der Waals surface area contributed by atoms with Gasteiger partial charge in [0.2, 0.25) is 0 Å². The number of nitrogens with zero attached hydrogens (tertiary/aromatic N) is 1. The highest BCUT2D eigenvalue weighted by Crippen LogP contribution is 2.39. The fourth-order valence-electron chi connectivity index (χ4n) is 1.76. The highest BCUT2D eigenvalue weighted by Gasteiger charge is 2.40. The maximum atomic E-state index is 9.82. The lowest BCUT2D eigenvalue weighted by molar-refractivity contribution is 0.151. The number of para-hydroxylation sites is 1. The van der Waals surface area contributed by atoms with Gasteiger partial charge in [0, 0.05) is 6.42 Å². The summed E-state index contributed by atoms with van der Waals surface area (Å²) in [6, 6.07) is 5.86. The van der Waals surface area contributed by atoms with E-state index in [0.29, 0.717) is 6.42 Å². The molecule has 1 fully saturated rings. The van der Waals surface area contributed by atoms with Crippen molar-refractivity contribution in [3.63, 3.8) is 0 Å². The minimum absolute atomic E-state index is 0.471. The van der Waals surface area contributed by atoms with E-state index in [1.165, 1.54) is 6.39 Å². The molecular weight excluding hydrogens is 178 g/mol. The van der Waals surface area contributed by atoms with Crippen LogP contribution in [0.1, 0.15) is 18.4 Å². The lowest BCUT2D eigenvalue weighted by atomic mass is 10.1. The predicted octanol–water partition coefficient (Wildman–Crippen LogP) is 1.90. The van der Waals surface area contributed by atoms with Crippen LogP contribution in [-0.2, 0) is 6.42 Å². The fraction of sp³-hybridized carbons (Fsp3) is 0.364. The van der Waals surface area contributed by atoms with Crippen LogP contribution in [0.25, 0.3) is 11.1 Å². The van der Waals surface area contributed by atoms with Crippen molar-refractivity contribution in [1.29, 1.82) is 0 Å². The van der Waals surface area contributed by atoms with Crippen LogP contribution < -0.4 is 0 Å². The van der Waals surface area contributed by atoms with Crippen LogP contribution in [0.2, 0.25) is 0 Å². The van der Waals surface area contributed by atoms with Gasteiger partial charge in [-0.05, 0) is 24.5 Å². The van der Waals surface area contributed by atoms with Crippen molar-refractivity contribution < 1.29 is 9.52 Å². The zero-order chi connectivity index (χ0) is 9.60. The Morgan fingerprint density at radius 3 is 3.07 bits per heavy atom. The van der Waals surface area contributed by atoms with Gasteiger partial charge in [0.25, 0.3) is 0 Å². The van der Waals surface area contributed by atoms with Crippen LogP contribution in [-0.4, -0.2) is 15.7 Å². The van der Waals surface area contributed by atoms with E-state index in [2.05, 4.69) is 4.98 Å². The molecule has 2 aromatic rings. The molecule has 1 aliphatic rings. The lowest BCUT2D eigenvalue weighted by Crippen LogP contribution is -2.10. The summed E-state index contributed by atoms with van der Waals surface area (Å²) in [5, 5.41) is 9.82. The third-order valence-electron chi connectivity index (χ3n) is 2.78. The molecule has 0 bridgehead atoms. The molecule has 3 nitrogen and oxygen atoms in total. The Balaban J connectivity index is 2.06. The molecule has 0 spiro atoms. The summed E-state index contributed by atoms with van der Waals surface area (Å²) in [4.78, 5) is 4.08. The molecule has 0 amide bonds. The Bertz CT molecular complexity index is 471. The standard InChI is InChI=1S/C11H11NO2/c13-11(4-5-11)6-8-2-1-3-9-10(8)14-7-12-9/h1-3,7,13H,4-6H2. The summed E-state index contributed by atoms with van der Waals surface area (Å²) in [6.07, 6.45) is 3.93. The van der Waals surface area contributed by atoms with E-state index in [1.807, 2.05) is 18.2 Å². The number of benzene rings is 1. The summed E-state index contributed by atoms with van der Waals surface area (Å²) in [5.74, 6) is 0. The molecule has 14 heavy (non-hydrogen) atoms. The molecule has 1 aliphatic carbocycles. The molecule has 1 heterocycles. The topological polar surface area (TPSA) is 46.3 Å². The summed E-state index contributed by atoms with van der Waals surface area (Å²) in [6.45, 7) is 0. The van der Waals surface area contributed by atoms with Crippen LogP contribution in [0.15, 0.2) is 29.0 Å². The minimum Gasteiger partial charge on any atom is -0.443 e. The van der Waals surface area contributed by atoms with E-state index >= 15 is 0 Å². The smallest absolute Gasteiger partial charge is 0.181 e. The third-order valence-corrected chi connectivity index (χ3v) is 2.78. The first-order valence-corrected chi connectivity index (χ1v) is 4.80. The van der Waals surface area contributed by atoms with E-state index in [-0.39, 0.29) is 0 Å². The zero-order valence-corrected chi connectivity index (χ0v) is 7.73. The Morgan fingerprint density at radius 2 is 2.29 bits per heavy atom. The van der Waals surface area contributed by atoms with E-state index in [0.717, 1.165) is 29.5 Å². The predicted molar refractivity (Wildman–Crippen MR) is 51.9 cm³/mol. The van der Waals surface area contributed by atoms with Crippen molar-refractivity contribution in [2.24, 2.45) is 0 Å². The Morgan fingerprint density at radius 1 is 1.43 bits per heavy atom. The van der Waals surface area contributed by atoms with Crippen LogP contribution in [0.4, 0.5) is 0 Å². The van der Waals surface area contributed by atoms with Gasteiger partial charge in [-0.2, -0.15) is 0 Å². The highest BCUT2D eigenvalue weighted by molar-refractivity contribution is 5.76. The summed E-state index contributed by atoms with van der Waals surface area (Å²) < 4.78 is 5.30. The van der Waals surface area contributed by atoms with Gasteiger partial charge in [-0.25, -0.2) is 4.98 Å². The Hall–Kier alpha value is -1.35. The molecule has 0 radical (unpaired) electrons. The summed E-state index contributed by atoms with van der Waals surface area (Å²) in [5.41, 5.74) is 2.26. The maximum absolute atomic E-state index is 9.82. The van der Waals surface area contributed by atoms with E-state index in [9.17, 15) is 5.11 Å². The second-order valence-electron chi connectivity index (χ2n) is 4.02. The lowest BCUT2D eigenvalue weighted by Gasteiger charge is -2.06. The van der Waals surface area contributed by atoms with Crippen molar-refractivity contribution in [2.45, 2.75) is 24.9 Å². The largest absolute Gasteiger partial charge is 0.443 e. The molecule has 72 valence electrons. The molecule has 0 saturated heterocycles. The maximum Gasteiger partial charge on any atom is 0.181 e. The van der Waals surface area contributed by atoms with Gasteiger partial charge in [-0.3, -0.25) is 0 Å². The normalized spacial score (nSPS) is 18.6. The summed E-state index contributed by atoms with van der Waals surface area (Å²) >= 11 is 0. The monoisotopic (exact) mass is 189 g/mol. The number of rotatable bonds is 2. The van der Waals surface area contributed by atoms with Gasteiger partial charge in [0.05, 0.1) is 5.60 Å². The first-order chi connectivity index (χ1) is 6.77. The highest BCUT2D eigenvalue weighted by atomic mass is 16.3. The molecule has 1 saturated carbocycles. The summed E-state index contributed by atoms with van der Waals surface area (Å²) in [7, 11) is 0. The molecule has 1 aromatic heterocycles. The number of hydrogen-bond donors (Lipinski definition) is 1. The number of oxazole rings is 1. The molecule has 0 atom stereocenters. The van der Waals surface area contributed by atoms with E-state index in [4.69, 9.17) is 4.42 Å². The van der Waals surface area contributed by atoms with Crippen LogP contribution in [0.3, 0.4) is 0 Å². The molecule has 3 rings (SSSR count). The van der Waals surface area contributed by atoms with Crippen molar-refractivity contribution in [2.75, 3.05) is 0 Å². The van der Waals surface area contributed by atoms with Gasteiger partial charge in [-0.15, -0.1) is 0 Å². The van der Waals surface area contributed by atoms with Gasteiger partial charge in [0.1, 0.15) is 5.52 Å². The van der Waals surface area contributed by atoms with Gasteiger partial charge < -0.3 is 9.52 Å². The molecule has 3 heteroatoms. The number of aromatic nitrogens is 1. The van der Waals surface area contributed by atoms with Crippen molar-refractivity contribution >= 4 is 11.1 Å². The van der Waals surface area contributed by atoms with Gasteiger partial charge in [-0.1, -0.05) is 12.1 Å². The molecule has 0 aliphatic heterocycles. The van der Waals surface area contributed by atoms with Crippen molar-refractivity contribution in [1.82, 2.24) is 4.98 Å². The quantitative estimate of drug-likeness (QED) is 0.784. The SMILES string of the molecule is OC1(Cc2cccc3ncoc23)CC1. The zero-order valence-electron chi connectivity index (χ0n) is 7.73. The number of aliphatic hydroxyl groups is 1. The van der Waals surface area contributed by atoms with Crippen molar-refractivity contribution in [3.8, 4) is 0 Å². The van der Waals surface area contributed by atoms with Crippen molar-refractivity contribution in [3.05, 3.63) is 30.2 Å². The van der Waals surface area contributed by atoms with Crippen LogP contribution in [0.5, 0.6) is 0 Å². The fourth-order valence-corrected chi connectivity index (χ4v) is 1.76. The first-order valence-electron chi connectivity index (χ1n) is 4.80. The number of fused-ring (bicyclic) bond motifs is 1. The number of hydrogen-bond acceptors (Lipinski definition) is 3. The van der Waals surface area contributed by atoms with Gasteiger partial charge in [0.15, 0.2) is 12.0 Å². The Kier molecular flexibility index (Phi) is 1.47. The third kappa shape index (κ3) is 1.21. The first kappa shape index (κ1) is 8.00. The van der Waals surface area contributed by atoms with Crippen LogP contribution in [0, 0.1) is 0 Å². The average Bonchev–Trinajstić information content (AvgIpc) is 2.73. The molecule has 1 aromatic carbocycles. The Labute approximate surface area is 81.4 Å². The van der Waals surface area contributed by atoms with Crippen LogP contribution >= 0.6 is 0 Å². The van der Waals surface area contributed by atoms with E-state index < -0.39 is 5.60 Å². The molecule has 1 N–H and O–H groups in total. The minimum atomic E-state index is -0.471.